The third-order valence-corrected chi connectivity index (χ3v) is 2.08. The van der Waals surface area contributed by atoms with Crippen molar-refractivity contribution in [1.29, 1.82) is 0 Å². The summed E-state index contributed by atoms with van der Waals surface area (Å²) in [6.07, 6.45) is 0. The quantitative estimate of drug-likeness (QED) is 0.300. The van der Waals surface area contributed by atoms with Gasteiger partial charge in [-0.1, -0.05) is 0 Å². The average Bonchev–Trinajstić information content (AvgIpc) is 1.92. The molecule has 0 unspecified atom stereocenters. The number of hydrogen-bond donors (Lipinski definition) is 2. The monoisotopic (exact) mass is 268 g/mol. The molecule has 0 aliphatic heterocycles. The van der Waals surface area contributed by atoms with Crippen molar-refractivity contribution in [2.24, 2.45) is 0 Å². The molecule has 68 valence electrons. The van der Waals surface area contributed by atoms with E-state index in [1.165, 1.54) is 0 Å². The van der Waals surface area contributed by atoms with Crippen LogP contribution in [-0.2, 0) is 10.1 Å². The fourth-order valence-electron chi connectivity index (χ4n) is 0.703. The topological polar surface area (TPSA) is 97.7 Å². The van der Waals surface area contributed by atoms with E-state index in [1.807, 2.05) is 0 Å². The summed E-state index contributed by atoms with van der Waals surface area (Å²) >= 11 is 0. The maximum atomic E-state index is 10.4. The van der Waals surface area contributed by atoms with Gasteiger partial charge in [-0.25, -0.2) is 8.42 Å². The number of hydrogen-bond acceptors (Lipinski definition) is 5. The van der Waals surface area contributed by atoms with Crippen LogP contribution >= 0.6 is 0 Å². The summed E-state index contributed by atoms with van der Waals surface area (Å²) < 4.78 is 31.1. The molecular formula is C6H6K2O5S. The predicted octanol–water partition coefficient (Wildman–Crippen LogP) is -5.88. The van der Waals surface area contributed by atoms with E-state index in [1.54, 1.807) is 0 Å². The summed E-state index contributed by atoms with van der Waals surface area (Å²) in [5.74, 6) is -1.05. The predicted molar refractivity (Wildman–Crippen MR) is 38.8 cm³/mol. The first-order valence-corrected chi connectivity index (χ1v) is 4.30. The molecule has 5 nitrogen and oxygen atoms in total. The minimum atomic E-state index is -4.72. The molecule has 0 aliphatic carbocycles. The zero-order valence-corrected chi connectivity index (χ0v) is 14.8. The summed E-state index contributed by atoms with van der Waals surface area (Å²) in [4.78, 5) is -0.817. The Hall–Kier alpha value is 2.00. The Balaban J connectivity index is -0.000000480. The first kappa shape index (κ1) is 18.4. The van der Waals surface area contributed by atoms with Crippen molar-refractivity contribution in [3.63, 3.8) is 0 Å². The molecule has 1 rings (SSSR count). The Bertz CT molecular complexity index is 408. The average molecular weight is 268 g/mol. The van der Waals surface area contributed by atoms with Gasteiger partial charge in [0.05, 0.1) is 4.90 Å². The first-order chi connectivity index (χ1) is 5.41. The van der Waals surface area contributed by atoms with Gasteiger partial charge in [-0.2, -0.15) is 0 Å². The molecule has 0 atom stereocenters. The molecule has 0 fully saturated rings. The van der Waals surface area contributed by atoms with E-state index >= 15 is 0 Å². The van der Waals surface area contributed by atoms with Crippen molar-refractivity contribution >= 4 is 10.1 Å². The number of phenolic OH excluding ortho intramolecular Hbond substituents is 2. The standard InChI is InChI=1S/C6H6O5S.2K.H/c7-4-1-2-5(8)6(3-4)12(9,10)11;;;/h1-3,7-8H,(H,9,10,11);;;/q;2*+1;-1/p-1. The van der Waals surface area contributed by atoms with Gasteiger partial charge in [0, 0.05) is 6.07 Å². The van der Waals surface area contributed by atoms with Crippen molar-refractivity contribution in [3.05, 3.63) is 18.2 Å². The molecule has 0 saturated carbocycles. The number of benzene rings is 1. The fraction of sp³-hybridized carbons (Fsp3) is 0. The van der Waals surface area contributed by atoms with Crippen molar-refractivity contribution in [3.8, 4) is 11.5 Å². The molecule has 2 N–H and O–H groups in total. The molecule has 0 aliphatic rings. The van der Waals surface area contributed by atoms with Gasteiger partial charge in [-0.15, -0.1) is 0 Å². The van der Waals surface area contributed by atoms with E-state index in [0.717, 1.165) is 12.1 Å². The van der Waals surface area contributed by atoms with Crippen LogP contribution in [0.3, 0.4) is 0 Å². The Morgan fingerprint density at radius 2 is 1.71 bits per heavy atom. The Morgan fingerprint density at radius 3 is 2.07 bits per heavy atom. The number of phenols is 2. The molecule has 0 bridgehead atoms. The second-order valence-corrected chi connectivity index (χ2v) is 3.45. The normalized spacial score (nSPS) is 9.79. The van der Waals surface area contributed by atoms with Gasteiger partial charge in [0.2, 0.25) is 0 Å². The van der Waals surface area contributed by atoms with Crippen molar-refractivity contribution in [2.75, 3.05) is 0 Å². The van der Waals surface area contributed by atoms with Crippen LogP contribution < -0.4 is 103 Å². The Kier molecular flexibility index (Phi) is 9.65. The van der Waals surface area contributed by atoms with E-state index in [9.17, 15) is 13.0 Å². The molecule has 0 aromatic heterocycles. The van der Waals surface area contributed by atoms with E-state index in [2.05, 4.69) is 0 Å². The van der Waals surface area contributed by atoms with Gasteiger partial charge < -0.3 is 16.2 Å². The van der Waals surface area contributed by atoms with Crippen LogP contribution in [0.15, 0.2) is 23.1 Å². The largest absolute Gasteiger partial charge is 1.00 e. The van der Waals surface area contributed by atoms with E-state index in [-0.39, 0.29) is 110 Å². The summed E-state index contributed by atoms with van der Waals surface area (Å²) in [5, 5.41) is 17.7. The van der Waals surface area contributed by atoms with Gasteiger partial charge in [-0.05, 0) is 12.1 Å². The molecule has 1 aromatic rings. The van der Waals surface area contributed by atoms with Crippen LogP contribution in [0.25, 0.3) is 0 Å². The number of rotatable bonds is 1. The van der Waals surface area contributed by atoms with Crippen LogP contribution in [0, 0.1) is 0 Å². The number of aromatic hydroxyl groups is 2. The van der Waals surface area contributed by atoms with Gasteiger partial charge in [0.15, 0.2) is 0 Å². The molecule has 0 saturated heterocycles. The van der Waals surface area contributed by atoms with Crippen LogP contribution in [0.4, 0.5) is 0 Å². The summed E-state index contributed by atoms with van der Waals surface area (Å²) in [6.45, 7) is 0. The molecule has 0 amide bonds. The Morgan fingerprint density at radius 1 is 1.21 bits per heavy atom. The molecular weight excluding hydrogens is 262 g/mol. The van der Waals surface area contributed by atoms with E-state index < -0.39 is 20.8 Å². The molecule has 14 heavy (non-hydrogen) atoms. The van der Waals surface area contributed by atoms with E-state index in [0.29, 0.717) is 6.07 Å². The summed E-state index contributed by atoms with van der Waals surface area (Å²) in [6, 6.07) is 2.70. The minimum Gasteiger partial charge on any atom is -1.00 e. The maximum Gasteiger partial charge on any atom is 1.00 e. The maximum absolute atomic E-state index is 10.4. The second kappa shape index (κ2) is 7.35. The van der Waals surface area contributed by atoms with Crippen LogP contribution in [-0.4, -0.2) is 23.2 Å². The molecule has 1 aromatic carbocycles. The Labute approximate surface area is 168 Å². The molecule has 0 heterocycles. The summed E-state index contributed by atoms with van der Waals surface area (Å²) in [5.41, 5.74) is 0. The molecule has 0 spiro atoms. The van der Waals surface area contributed by atoms with Gasteiger partial charge >= 0.3 is 103 Å². The van der Waals surface area contributed by atoms with Crippen molar-refractivity contribution < 1.29 is 127 Å². The fourth-order valence-corrected chi connectivity index (χ4v) is 1.29. The van der Waals surface area contributed by atoms with Crippen LogP contribution in [0.5, 0.6) is 11.5 Å². The smallest absolute Gasteiger partial charge is 1.00 e. The first-order valence-electron chi connectivity index (χ1n) is 2.89. The van der Waals surface area contributed by atoms with Gasteiger partial charge in [0.1, 0.15) is 21.6 Å². The molecule has 0 radical (unpaired) electrons. The second-order valence-electron chi connectivity index (χ2n) is 2.11. The summed E-state index contributed by atoms with van der Waals surface area (Å²) in [7, 11) is -4.72. The van der Waals surface area contributed by atoms with Crippen molar-refractivity contribution in [1.82, 2.24) is 0 Å². The van der Waals surface area contributed by atoms with Crippen LogP contribution in [0.1, 0.15) is 1.43 Å². The van der Waals surface area contributed by atoms with E-state index in [4.69, 9.17) is 10.2 Å². The van der Waals surface area contributed by atoms with Crippen LogP contribution in [0.2, 0.25) is 0 Å². The van der Waals surface area contributed by atoms with Gasteiger partial charge in [-0.3, -0.25) is 0 Å². The third-order valence-electron chi connectivity index (χ3n) is 1.21. The zero-order chi connectivity index (χ0) is 9.35. The zero-order valence-electron chi connectivity index (χ0n) is 8.76. The molecule has 8 heteroatoms. The third kappa shape index (κ3) is 5.37. The van der Waals surface area contributed by atoms with Gasteiger partial charge in [0.25, 0.3) is 0 Å². The minimum absolute atomic E-state index is 0. The SMILES string of the molecule is O=S(=O)([O-])c1cc(O)ccc1O.[H-].[K+].[K+]. The van der Waals surface area contributed by atoms with Crippen molar-refractivity contribution in [2.45, 2.75) is 4.90 Å².